The predicted molar refractivity (Wildman–Crippen MR) is 96.8 cm³/mol. The summed E-state index contributed by atoms with van der Waals surface area (Å²) in [6.45, 7) is 3.90. The Morgan fingerprint density at radius 1 is 1.31 bits per heavy atom. The third-order valence-electron chi connectivity index (χ3n) is 4.73. The summed E-state index contributed by atoms with van der Waals surface area (Å²) in [6.07, 6.45) is 1.95. The Kier molecular flexibility index (Phi) is 4.88. The first-order valence-electron chi connectivity index (χ1n) is 8.51. The number of carbonyl (C=O) groups is 1. The summed E-state index contributed by atoms with van der Waals surface area (Å²) in [7, 11) is -1.44. The van der Waals surface area contributed by atoms with Gasteiger partial charge >= 0.3 is 0 Å². The van der Waals surface area contributed by atoms with Gasteiger partial charge in [0.2, 0.25) is 0 Å². The summed E-state index contributed by atoms with van der Waals surface area (Å²) in [4.78, 5) is 14.5. The number of rotatable bonds is 4. The lowest BCUT2D eigenvalue weighted by molar-refractivity contribution is 0.0746. The molecule has 6 nitrogen and oxygen atoms in total. The van der Waals surface area contributed by atoms with Crippen molar-refractivity contribution >= 4 is 15.7 Å². The summed E-state index contributed by atoms with van der Waals surface area (Å²) < 4.78 is 38.3. The number of aromatic nitrogens is 2. The van der Waals surface area contributed by atoms with E-state index in [9.17, 15) is 17.6 Å². The lowest BCUT2D eigenvalue weighted by Crippen LogP contribution is -2.38. The highest BCUT2D eigenvalue weighted by Crippen LogP contribution is 2.26. The van der Waals surface area contributed by atoms with Gasteiger partial charge in [0, 0.05) is 13.1 Å². The number of nitrogens with zero attached hydrogens (tertiary/aromatic N) is 3. The monoisotopic (exact) mass is 379 g/mol. The zero-order chi connectivity index (χ0) is 19.1. The zero-order valence-corrected chi connectivity index (χ0v) is 15.8. The van der Waals surface area contributed by atoms with Crippen molar-refractivity contribution in [1.82, 2.24) is 14.7 Å². The molecular weight excluding hydrogens is 357 g/mol. The fourth-order valence-electron chi connectivity index (χ4n) is 3.30. The Labute approximate surface area is 152 Å². The minimum atomic E-state index is -3.07. The largest absolute Gasteiger partial charge is 0.338 e. The van der Waals surface area contributed by atoms with Gasteiger partial charge < -0.3 is 4.90 Å². The molecule has 140 valence electrons. The maximum Gasteiger partial charge on any atom is 0.257 e. The van der Waals surface area contributed by atoms with Gasteiger partial charge in [0.15, 0.2) is 9.84 Å². The summed E-state index contributed by atoms with van der Waals surface area (Å²) >= 11 is 0. The Morgan fingerprint density at radius 2 is 1.96 bits per heavy atom. The number of benzene rings is 1. The van der Waals surface area contributed by atoms with Crippen LogP contribution < -0.4 is 0 Å². The average Bonchev–Trinajstić information content (AvgIpc) is 3.17. The van der Waals surface area contributed by atoms with Crippen LogP contribution in [-0.4, -0.2) is 53.6 Å². The first-order valence-corrected chi connectivity index (χ1v) is 10.3. The number of halogens is 1. The van der Waals surface area contributed by atoms with Crippen LogP contribution in [-0.2, 0) is 9.84 Å². The van der Waals surface area contributed by atoms with Crippen molar-refractivity contribution in [1.29, 1.82) is 0 Å². The molecule has 1 aromatic heterocycles. The molecule has 1 saturated heterocycles. The number of amides is 1. The maximum absolute atomic E-state index is 13.2. The normalized spacial score (nSPS) is 19.0. The summed E-state index contributed by atoms with van der Waals surface area (Å²) in [6, 6.07) is 5.59. The summed E-state index contributed by atoms with van der Waals surface area (Å²) in [5, 5.41) is 4.32. The molecule has 1 aliphatic heterocycles. The molecule has 0 aliphatic carbocycles. The van der Waals surface area contributed by atoms with E-state index in [4.69, 9.17) is 0 Å². The molecule has 0 saturated carbocycles. The molecule has 0 N–H and O–H groups in total. The molecule has 1 unspecified atom stereocenters. The van der Waals surface area contributed by atoms with Crippen LogP contribution in [0.3, 0.4) is 0 Å². The van der Waals surface area contributed by atoms with Crippen molar-refractivity contribution in [2.24, 2.45) is 0 Å². The summed E-state index contributed by atoms with van der Waals surface area (Å²) in [5.74, 6) is -0.476. The zero-order valence-electron chi connectivity index (χ0n) is 15.0. The SMILES string of the molecule is CC(C)c1c(C(=O)N(C)C2CCS(=O)(=O)C2)cnn1-c1ccc(F)cc1. The third kappa shape index (κ3) is 3.51. The van der Waals surface area contributed by atoms with Crippen molar-refractivity contribution in [3.05, 3.63) is 47.5 Å². The minimum absolute atomic E-state index is 0.00164. The van der Waals surface area contributed by atoms with E-state index < -0.39 is 9.84 Å². The highest BCUT2D eigenvalue weighted by atomic mass is 32.2. The van der Waals surface area contributed by atoms with E-state index in [0.717, 1.165) is 0 Å². The van der Waals surface area contributed by atoms with Gasteiger partial charge in [0.05, 0.1) is 34.6 Å². The fraction of sp³-hybridized carbons (Fsp3) is 0.444. The number of sulfone groups is 1. The molecular formula is C18H22FN3O3S. The second kappa shape index (κ2) is 6.83. The van der Waals surface area contributed by atoms with Crippen LogP contribution in [0.1, 0.15) is 42.2 Å². The second-order valence-electron chi connectivity index (χ2n) is 6.96. The molecule has 1 aliphatic rings. The van der Waals surface area contributed by atoms with Gasteiger partial charge in [-0.25, -0.2) is 17.5 Å². The van der Waals surface area contributed by atoms with Crippen LogP contribution in [0.5, 0.6) is 0 Å². The van der Waals surface area contributed by atoms with Crippen LogP contribution in [0.25, 0.3) is 5.69 Å². The highest BCUT2D eigenvalue weighted by Gasteiger charge is 2.34. The molecule has 1 fully saturated rings. The topological polar surface area (TPSA) is 72.3 Å². The summed E-state index contributed by atoms with van der Waals surface area (Å²) in [5.41, 5.74) is 1.82. The number of hydrogen-bond acceptors (Lipinski definition) is 4. The van der Waals surface area contributed by atoms with Crippen LogP contribution in [0.2, 0.25) is 0 Å². The van der Waals surface area contributed by atoms with Gasteiger partial charge in [-0.05, 0) is 36.6 Å². The lowest BCUT2D eigenvalue weighted by atomic mass is 10.0. The van der Waals surface area contributed by atoms with Gasteiger partial charge in [-0.3, -0.25) is 4.79 Å². The van der Waals surface area contributed by atoms with Crippen molar-refractivity contribution < 1.29 is 17.6 Å². The molecule has 1 aromatic carbocycles. The van der Waals surface area contributed by atoms with E-state index in [1.165, 1.54) is 23.2 Å². The maximum atomic E-state index is 13.2. The van der Waals surface area contributed by atoms with Crippen molar-refractivity contribution in [2.45, 2.75) is 32.2 Å². The van der Waals surface area contributed by atoms with Crippen LogP contribution in [0.15, 0.2) is 30.5 Å². The Bertz CT molecular complexity index is 920. The predicted octanol–water partition coefficient (Wildman–Crippen LogP) is 2.39. The first-order chi connectivity index (χ1) is 12.2. The van der Waals surface area contributed by atoms with E-state index in [0.29, 0.717) is 23.4 Å². The first kappa shape index (κ1) is 18.6. The van der Waals surface area contributed by atoms with E-state index >= 15 is 0 Å². The lowest BCUT2D eigenvalue weighted by Gasteiger charge is -2.24. The minimum Gasteiger partial charge on any atom is -0.338 e. The molecule has 0 bridgehead atoms. The highest BCUT2D eigenvalue weighted by molar-refractivity contribution is 7.91. The van der Waals surface area contributed by atoms with E-state index in [1.807, 2.05) is 13.8 Å². The molecule has 2 heterocycles. The van der Waals surface area contributed by atoms with E-state index in [2.05, 4.69) is 5.10 Å². The van der Waals surface area contributed by atoms with E-state index in [-0.39, 0.29) is 35.2 Å². The van der Waals surface area contributed by atoms with Gasteiger partial charge in [0.25, 0.3) is 5.91 Å². The van der Waals surface area contributed by atoms with Crippen molar-refractivity contribution in [3.63, 3.8) is 0 Å². The molecule has 2 aromatic rings. The standard InChI is InChI=1S/C18H22FN3O3S/c1-12(2)17-16(10-20-22(17)14-6-4-13(19)5-7-14)18(23)21(3)15-8-9-26(24,25)11-15/h4-7,10,12,15H,8-9,11H2,1-3H3. The number of hydrogen-bond donors (Lipinski definition) is 0. The third-order valence-corrected chi connectivity index (χ3v) is 6.48. The Balaban J connectivity index is 1.95. The quantitative estimate of drug-likeness (QED) is 0.818. The van der Waals surface area contributed by atoms with Crippen molar-refractivity contribution in [3.8, 4) is 5.69 Å². The van der Waals surface area contributed by atoms with Gasteiger partial charge in [-0.15, -0.1) is 0 Å². The molecule has 3 rings (SSSR count). The number of carbonyl (C=O) groups excluding carboxylic acids is 1. The second-order valence-corrected chi connectivity index (χ2v) is 9.19. The smallest absolute Gasteiger partial charge is 0.257 e. The fourth-order valence-corrected chi connectivity index (χ4v) is 5.08. The van der Waals surface area contributed by atoms with Gasteiger partial charge in [-0.2, -0.15) is 5.10 Å². The molecule has 1 amide bonds. The van der Waals surface area contributed by atoms with Crippen LogP contribution >= 0.6 is 0 Å². The van der Waals surface area contributed by atoms with E-state index in [1.54, 1.807) is 23.9 Å². The Morgan fingerprint density at radius 3 is 2.50 bits per heavy atom. The van der Waals surface area contributed by atoms with Gasteiger partial charge in [0.1, 0.15) is 5.82 Å². The van der Waals surface area contributed by atoms with Crippen LogP contribution in [0.4, 0.5) is 4.39 Å². The van der Waals surface area contributed by atoms with Gasteiger partial charge in [-0.1, -0.05) is 13.8 Å². The molecule has 1 atom stereocenters. The van der Waals surface area contributed by atoms with Crippen LogP contribution in [0, 0.1) is 5.82 Å². The molecule has 26 heavy (non-hydrogen) atoms. The molecule has 0 radical (unpaired) electrons. The molecule has 0 spiro atoms. The van der Waals surface area contributed by atoms with Crippen molar-refractivity contribution in [2.75, 3.05) is 18.6 Å². The Hall–Kier alpha value is -2.22. The average molecular weight is 379 g/mol. The molecule has 8 heteroatoms.